The summed E-state index contributed by atoms with van der Waals surface area (Å²) in [5.41, 5.74) is 0. The number of fused-ring (bicyclic) bond motifs is 3. The first-order valence-electron chi connectivity index (χ1n) is 6.88. The van der Waals surface area contributed by atoms with Gasteiger partial charge in [-0.2, -0.15) is 0 Å². The molecule has 6 atom stereocenters. The highest BCUT2D eigenvalue weighted by atomic mass is 16.7. The van der Waals surface area contributed by atoms with E-state index in [2.05, 4.69) is 0 Å². The predicted molar refractivity (Wildman–Crippen MR) is 59.3 cm³/mol. The number of hydrogen-bond acceptors (Lipinski definition) is 5. The fraction of sp³-hybridized carbons (Fsp3) is 0.923. The van der Waals surface area contributed by atoms with Crippen LogP contribution >= 0.6 is 0 Å². The van der Waals surface area contributed by atoms with E-state index in [9.17, 15) is 9.90 Å². The standard InChI is InChI=1S/C13H18O5/c14-11-2-4-13(18-11)3-1-7-8-5-12(15)16-9(8)6-10(7)17-13/h7-10,12,15H,1-6H2/t7?,8-,9?,10+,12?,13-/m1/s1. The summed E-state index contributed by atoms with van der Waals surface area (Å²) in [7, 11) is 0. The van der Waals surface area contributed by atoms with Crippen LogP contribution in [-0.4, -0.2) is 35.4 Å². The molecule has 1 spiro atoms. The van der Waals surface area contributed by atoms with Crippen LogP contribution in [0.5, 0.6) is 0 Å². The van der Waals surface area contributed by atoms with Crippen LogP contribution in [0.1, 0.15) is 38.5 Å². The lowest BCUT2D eigenvalue weighted by Crippen LogP contribution is -2.44. The SMILES string of the molecule is O=C1CC[C@@]2(CCC3[C@H]4CC(O)OC4C[C@@H]3O2)O1. The molecule has 4 fully saturated rings. The van der Waals surface area contributed by atoms with Crippen molar-refractivity contribution in [2.45, 2.75) is 62.8 Å². The summed E-state index contributed by atoms with van der Waals surface area (Å²) in [6, 6.07) is 0. The fourth-order valence-electron chi connectivity index (χ4n) is 4.22. The lowest BCUT2D eigenvalue weighted by molar-refractivity contribution is -0.262. The quantitative estimate of drug-likeness (QED) is 0.652. The summed E-state index contributed by atoms with van der Waals surface area (Å²) >= 11 is 0. The molecule has 1 N–H and O–H groups in total. The van der Waals surface area contributed by atoms with Gasteiger partial charge in [-0.05, 0) is 18.3 Å². The van der Waals surface area contributed by atoms with E-state index in [4.69, 9.17) is 14.2 Å². The lowest BCUT2D eigenvalue weighted by atomic mass is 9.84. The van der Waals surface area contributed by atoms with Crippen LogP contribution in [0, 0.1) is 11.8 Å². The third kappa shape index (κ3) is 1.54. The monoisotopic (exact) mass is 254 g/mol. The van der Waals surface area contributed by atoms with E-state index in [0.29, 0.717) is 24.7 Å². The third-order valence-electron chi connectivity index (χ3n) is 5.01. The molecule has 4 aliphatic rings. The van der Waals surface area contributed by atoms with Crippen LogP contribution in [0.3, 0.4) is 0 Å². The van der Waals surface area contributed by atoms with Crippen LogP contribution in [0.2, 0.25) is 0 Å². The molecule has 3 heterocycles. The zero-order valence-corrected chi connectivity index (χ0v) is 10.2. The molecular weight excluding hydrogens is 236 g/mol. The van der Waals surface area contributed by atoms with Crippen molar-refractivity contribution in [3.05, 3.63) is 0 Å². The molecule has 0 aromatic heterocycles. The van der Waals surface area contributed by atoms with Crippen molar-refractivity contribution in [1.29, 1.82) is 0 Å². The molecule has 100 valence electrons. The molecule has 0 aromatic rings. The van der Waals surface area contributed by atoms with Gasteiger partial charge in [0.05, 0.1) is 18.6 Å². The fourth-order valence-corrected chi connectivity index (χ4v) is 4.22. The van der Waals surface area contributed by atoms with E-state index in [1.807, 2.05) is 0 Å². The second-order valence-electron chi connectivity index (χ2n) is 6.01. The first-order valence-corrected chi connectivity index (χ1v) is 6.88. The predicted octanol–water partition coefficient (Wildman–Crippen LogP) is 0.942. The molecule has 0 radical (unpaired) electrons. The van der Waals surface area contributed by atoms with Crippen LogP contribution < -0.4 is 0 Å². The van der Waals surface area contributed by atoms with Gasteiger partial charge in [-0.1, -0.05) is 0 Å². The van der Waals surface area contributed by atoms with Crippen LogP contribution in [0.25, 0.3) is 0 Å². The summed E-state index contributed by atoms with van der Waals surface area (Å²) in [5.74, 6) is 0.0880. The van der Waals surface area contributed by atoms with Gasteiger partial charge in [0, 0.05) is 25.7 Å². The van der Waals surface area contributed by atoms with Crippen LogP contribution in [0.4, 0.5) is 0 Å². The summed E-state index contributed by atoms with van der Waals surface area (Å²) in [6.45, 7) is 0. The van der Waals surface area contributed by atoms with E-state index in [1.165, 1.54) is 0 Å². The highest BCUT2D eigenvalue weighted by molar-refractivity contribution is 5.71. The van der Waals surface area contributed by atoms with Crippen LogP contribution in [-0.2, 0) is 19.0 Å². The number of ether oxygens (including phenoxy) is 3. The molecule has 5 heteroatoms. The van der Waals surface area contributed by atoms with Gasteiger partial charge in [0.1, 0.15) is 0 Å². The Hall–Kier alpha value is -0.650. The molecule has 1 aliphatic carbocycles. The van der Waals surface area contributed by atoms with Gasteiger partial charge in [0.2, 0.25) is 5.79 Å². The molecule has 3 saturated heterocycles. The van der Waals surface area contributed by atoms with E-state index in [0.717, 1.165) is 25.7 Å². The van der Waals surface area contributed by atoms with E-state index in [-0.39, 0.29) is 18.2 Å². The summed E-state index contributed by atoms with van der Waals surface area (Å²) in [6.07, 6.45) is 4.17. The molecular formula is C13H18O5. The molecule has 1 saturated carbocycles. The van der Waals surface area contributed by atoms with Gasteiger partial charge < -0.3 is 19.3 Å². The van der Waals surface area contributed by atoms with Crippen LogP contribution in [0.15, 0.2) is 0 Å². The van der Waals surface area contributed by atoms with Gasteiger partial charge in [-0.25, -0.2) is 0 Å². The van der Waals surface area contributed by atoms with Gasteiger partial charge in [-0.15, -0.1) is 0 Å². The second kappa shape index (κ2) is 3.68. The average Bonchev–Trinajstić information content (AvgIpc) is 2.92. The zero-order valence-electron chi connectivity index (χ0n) is 10.2. The average molecular weight is 254 g/mol. The Kier molecular flexibility index (Phi) is 2.29. The van der Waals surface area contributed by atoms with Crippen molar-refractivity contribution >= 4 is 5.97 Å². The van der Waals surface area contributed by atoms with Crippen molar-refractivity contribution in [1.82, 2.24) is 0 Å². The van der Waals surface area contributed by atoms with E-state index in [1.54, 1.807) is 0 Å². The largest absolute Gasteiger partial charge is 0.433 e. The van der Waals surface area contributed by atoms with E-state index >= 15 is 0 Å². The zero-order chi connectivity index (χ0) is 12.3. The molecule has 0 bridgehead atoms. The molecule has 18 heavy (non-hydrogen) atoms. The maximum Gasteiger partial charge on any atom is 0.308 e. The number of esters is 1. The van der Waals surface area contributed by atoms with Crippen molar-refractivity contribution in [3.63, 3.8) is 0 Å². The van der Waals surface area contributed by atoms with Crippen molar-refractivity contribution in [2.24, 2.45) is 11.8 Å². The Balaban J connectivity index is 1.50. The van der Waals surface area contributed by atoms with Gasteiger partial charge >= 0.3 is 5.97 Å². The van der Waals surface area contributed by atoms with E-state index < -0.39 is 12.1 Å². The van der Waals surface area contributed by atoms with Crippen molar-refractivity contribution in [3.8, 4) is 0 Å². The number of aliphatic hydroxyl groups excluding tert-OH is 1. The first kappa shape index (κ1) is 11.2. The van der Waals surface area contributed by atoms with Gasteiger partial charge in [0.25, 0.3) is 0 Å². The smallest absolute Gasteiger partial charge is 0.308 e. The third-order valence-corrected chi connectivity index (χ3v) is 5.01. The Morgan fingerprint density at radius 2 is 2.06 bits per heavy atom. The molecule has 4 rings (SSSR count). The summed E-state index contributed by atoms with van der Waals surface area (Å²) in [4.78, 5) is 11.3. The maximum atomic E-state index is 11.3. The highest BCUT2D eigenvalue weighted by Crippen LogP contribution is 2.52. The minimum Gasteiger partial charge on any atom is -0.433 e. The molecule has 3 aliphatic heterocycles. The van der Waals surface area contributed by atoms with Crippen molar-refractivity contribution in [2.75, 3.05) is 0 Å². The second-order valence-corrected chi connectivity index (χ2v) is 6.01. The first-order chi connectivity index (χ1) is 8.65. The molecule has 5 nitrogen and oxygen atoms in total. The number of carbonyl (C=O) groups is 1. The number of hydrogen-bond donors (Lipinski definition) is 1. The van der Waals surface area contributed by atoms with Gasteiger partial charge in [0.15, 0.2) is 6.29 Å². The molecule has 3 unspecified atom stereocenters. The summed E-state index contributed by atoms with van der Waals surface area (Å²) in [5, 5.41) is 9.53. The number of carbonyl (C=O) groups excluding carboxylic acids is 1. The Morgan fingerprint density at radius 1 is 1.17 bits per heavy atom. The number of aliphatic hydroxyl groups is 1. The highest BCUT2D eigenvalue weighted by Gasteiger charge is 2.56. The lowest BCUT2D eigenvalue weighted by Gasteiger charge is -2.40. The van der Waals surface area contributed by atoms with Gasteiger partial charge in [-0.3, -0.25) is 4.79 Å². The molecule has 0 amide bonds. The normalized spacial score (nSPS) is 54.5. The van der Waals surface area contributed by atoms with Crippen molar-refractivity contribution < 1.29 is 24.1 Å². The topological polar surface area (TPSA) is 65.0 Å². The Bertz CT molecular complexity index is 384. The molecule has 0 aromatic carbocycles. The Morgan fingerprint density at radius 3 is 2.83 bits per heavy atom. The minimum absolute atomic E-state index is 0.127. The maximum absolute atomic E-state index is 11.3. The summed E-state index contributed by atoms with van der Waals surface area (Å²) < 4.78 is 17.0. The Labute approximate surface area is 105 Å². The minimum atomic E-state index is -0.643. The number of rotatable bonds is 0.